The number of carbonyl (C=O) groups is 1. The molecule has 0 saturated heterocycles. The van der Waals surface area contributed by atoms with E-state index in [-0.39, 0.29) is 11.6 Å². The van der Waals surface area contributed by atoms with E-state index < -0.39 is 5.97 Å². The SMILES string of the molecule is Nc1ccc(C(=O)O)c(NC2CCCc3sccc32)c1. The number of hydrogen-bond donors (Lipinski definition) is 3. The highest BCUT2D eigenvalue weighted by Crippen LogP contribution is 2.36. The molecule has 1 aromatic carbocycles. The Morgan fingerprint density at radius 2 is 2.25 bits per heavy atom. The molecule has 5 heteroatoms. The second-order valence-corrected chi connectivity index (χ2v) is 6.00. The van der Waals surface area contributed by atoms with Gasteiger partial charge in [0.2, 0.25) is 0 Å². The highest BCUT2D eigenvalue weighted by atomic mass is 32.1. The molecule has 104 valence electrons. The molecule has 1 aliphatic carbocycles. The molecule has 0 fully saturated rings. The first-order valence-electron chi connectivity index (χ1n) is 6.61. The van der Waals surface area contributed by atoms with Crippen molar-refractivity contribution < 1.29 is 9.90 Å². The number of nitrogens with one attached hydrogen (secondary N) is 1. The molecule has 4 N–H and O–H groups in total. The number of benzene rings is 1. The van der Waals surface area contributed by atoms with Crippen molar-refractivity contribution >= 4 is 28.7 Å². The van der Waals surface area contributed by atoms with Crippen LogP contribution in [-0.4, -0.2) is 11.1 Å². The molecule has 4 nitrogen and oxygen atoms in total. The number of rotatable bonds is 3. The van der Waals surface area contributed by atoms with Crippen molar-refractivity contribution in [2.24, 2.45) is 0 Å². The molecule has 3 rings (SSSR count). The molecule has 1 unspecified atom stereocenters. The van der Waals surface area contributed by atoms with E-state index in [0.29, 0.717) is 11.4 Å². The van der Waals surface area contributed by atoms with E-state index in [0.717, 1.165) is 19.3 Å². The topological polar surface area (TPSA) is 75.4 Å². The third-order valence-corrected chi connectivity index (χ3v) is 4.65. The van der Waals surface area contributed by atoms with Crippen LogP contribution in [0.1, 0.15) is 39.7 Å². The molecule has 0 bridgehead atoms. The summed E-state index contributed by atoms with van der Waals surface area (Å²) >= 11 is 1.77. The number of nitrogens with two attached hydrogens (primary N) is 1. The van der Waals surface area contributed by atoms with Crippen molar-refractivity contribution in [3.63, 3.8) is 0 Å². The summed E-state index contributed by atoms with van der Waals surface area (Å²) < 4.78 is 0. The van der Waals surface area contributed by atoms with E-state index in [1.54, 1.807) is 29.5 Å². The maximum absolute atomic E-state index is 11.3. The van der Waals surface area contributed by atoms with Crippen LogP contribution in [0.15, 0.2) is 29.6 Å². The van der Waals surface area contributed by atoms with E-state index in [1.165, 1.54) is 10.4 Å². The number of anilines is 2. The zero-order chi connectivity index (χ0) is 14.1. The Morgan fingerprint density at radius 3 is 3.05 bits per heavy atom. The number of hydrogen-bond acceptors (Lipinski definition) is 4. The third-order valence-electron chi connectivity index (χ3n) is 3.66. The summed E-state index contributed by atoms with van der Waals surface area (Å²) in [4.78, 5) is 12.7. The van der Waals surface area contributed by atoms with Gasteiger partial charge in [0.15, 0.2) is 0 Å². The highest BCUT2D eigenvalue weighted by Gasteiger charge is 2.22. The predicted molar refractivity (Wildman–Crippen MR) is 81.4 cm³/mol. The molecule has 0 aliphatic heterocycles. The van der Waals surface area contributed by atoms with Gasteiger partial charge in [-0.25, -0.2) is 4.79 Å². The van der Waals surface area contributed by atoms with Crippen molar-refractivity contribution in [1.29, 1.82) is 0 Å². The first kappa shape index (κ1) is 13.0. The summed E-state index contributed by atoms with van der Waals surface area (Å²) in [6.45, 7) is 0. The van der Waals surface area contributed by atoms with Crippen LogP contribution in [0.25, 0.3) is 0 Å². The van der Waals surface area contributed by atoms with Gasteiger partial charge in [-0.3, -0.25) is 0 Å². The van der Waals surface area contributed by atoms with Crippen molar-refractivity contribution in [1.82, 2.24) is 0 Å². The van der Waals surface area contributed by atoms with Gasteiger partial charge in [-0.2, -0.15) is 0 Å². The van der Waals surface area contributed by atoms with Gasteiger partial charge in [0.25, 0.3) is 0 Å². The summed E-state index contributed by atoms with van der Waals surface area (Å²) in [5.74, 6) is -0.936. The number of fused-ring (bicyclic) bond motifs is 1. The van der Waals surface area contributed by atoms with Crippen LogP contribution < -0.4 is 11.1 Å². The fourth-order valence-electron chi connectivity index (χ4n) is 2.69. The maximum atomic E-state index is 11.3. The van der Waals surface area contributed by atoms with Crippen LogP contribution in [0.2, 0.25) is 0 Å². The average molecular weight is 288 g/mol. The largest absolute Gasteiger partial charge is 0.478 e. The lowest BCUT2D eigenvalue weighted by molar-refractivity contribution is 0.0698. The zero-order valence-corrected chi connectivity index (χ0v) is 11.7. The van der Waals surface area contributed by atoms with E-state index in [1.807, 2.05) is 0 Å². The van der Waals surface area contributed by atoms with E-state index in [9.17, 15) is 9.90 Å². The molecule has 1 atom stereocenters. The molecular formula is C15H16N2O2S. The molecule has 1 heterocycles. The van der Waals surface area contributed by atoms with Crippen LogP contribution in [0.4, 0.5) is 11.4 Å². The van der Waals surface area contributed by atoms with E-state index in [4.69, 9.17) is 5.73 Å². The van der Waals surface area contributed by atoms with Gasteiger partial charge in [-0.05, 0) is 54.5 Å². The Bertz CT molecular complexity index is 651. The lowest BCUT2D eigenvalue weighted by atomic mass is 9.93. The minimum atomic E-state index is -0.936. The first-order chi connectivity index (χ1) is 9.65. The lowest BCUT2D eigenvalue weighted by Gasteiger charge is -2.25. The highest BCUT2D eigenvalue weighted by molar-refractivity contribution is 7.10. The van der Waals surface area contributed by atoms with Crippen LogP contribution in [0.3, 0.4) is 0 Å². The molecule has 0 amide bonds. The minimum absolute atomic E-state index is 0.171. The monoisotopic (exact) mass is 288 g/mol. The molecule has 1 aliphatic rings. The Morgan fingerprint density at radius 1 is 1.40 bits per heavy atom. The van der Waals surface area contributed by atoms with E-state index >= 15 is 0 Å². The first-order valence-corrected chi connectivity index (χ1v) is 7.49. The second-order valence-electron chi connectivity index (χ2n) is 5.00. The summed E-state index contributed by atoms with van der Waals surface area (Å²) in [5, 5.41) is 14.7. The van der Waals surface area contributed by atoms with Gasteiger partial charge >= 0.3 is 5.97 Å². The van der Waals surface area contributed by atoms with E-state index in [2.05, 4.69) is 16.8 Å². The Labute approximate surface area is 121 Å². The molecule has 2 aromatic rings. The third kappa shape index (κ3) is 2.36. The normalized spacial score (nSPS) is 17.5. The van der Waals surface area contributed by atoms with Crippen molar-refractivity contribution in [2.45, 2.75) is 25.3 Å². The van der Waals surface area contributed by atoms with Gasteiger partial charge in [-0.15, -0.1) is 11.3 Å². The standard InChI is InChI=1S/C15H16N2O2S/c16-9-4-5-11(15(18)19)13(8-9)17-12-2-1-3-14-10(12)6-7-20-14/h4-8,12,17H,1-3,16H2,(H,18,19). The number of carboxylic acids is 1. The van der Waals surface area contributed by atoms with Gasteiger partial charge in [0.1, 0.15) is 0 Å². The fourth-order valence-corrected chi connectivity index (χ4v) is 3.68. The van der Waals surface area contributed by atoms with Gasteiger partial charge < -0.3 is 16.2 Å². The van der Waals surface area contributed by atoms with Gasteiger partial charge in [-0.1, -0.05) is 0 Å². The Hall–Kier alpha value is -2.01. The number of thiophene rings is 1. The lowest BCUT2D eigenvalue weighted by Crippen LogP contribution is -2.17. The maximum Gasteiger partial charge on any atom is 0.337 e. The summed E-state index contributed by atoms with van der Waals surface area (Å²) in [7, 11) is 0. The van der Waals surface area contributed by atoms with Crippen molar-refractivity contribution in [2.75, 3.05) is 11.1 Å². The quantitative estimate of drug-likeness (QED) is 0.755. The van der Waals surface area contributed by atoms with Crippen molar-refractivity contribution in [3.05, 3.63) is 45.6 Å². The van der Waals surface area contributed by atoms with Crippen LogP contribution in [0.5, 0.6) is 0 Å². The Kier molecular flexibility index (Phi) is 3.36. The summed E-state index contributed by atoms with van der Waals surface area (Å²) in [5.41, 5.74) is 8.50. The Balaban J connectivity index is 1.93. The van der Waals surface area contributed by atoms with Crippen LogP contribution in [-0.2, 0) is 6.42 Å². The molecule has 1 aromatic heterocycles. The fraction of sp³-hybridized carbons (Fsp3) is 0.267. The van der Waals surface area contributed by atoms with Gasteiger partial charge in [0, 0.05) is 10.6 Å². The van der Waals surface area contributed by atoms with Gasteiger partial charge in [0.05, 0.1) is 17.3 Å². The minimum Gasteiger partial charge on any atom is -0.478 e. The number of aryl methyl sites for hydroxylation is 1. The van der Waals surface area contributed by atoms with Crippen LogP contribution >= 0.6 is 11.3 Å². The zero-order valence-electron chi connectivity index (χ0n) is 10.9. The molecule has 0 radical (unpaired) electrons. The van der Waals surface area contributed by atoms with Crippen LogP contribution in [0, 0.1) is 0 Å². The molecule has 20 heavy (non-hydrogen) atoms. The summed E-state index contributed by atoms with van der Waals surface area (Å²) in [6, 6.07) is 7.17. The number of carboxylic acid groups (broad SMARTS) is 1. The smallest absolute Gasteiger partial charge is 0.337 e. The number of nitrogen functional groups attached to an aromatic ring is 1. The summed E-state index contributed by atoms with van der Waals surface area (Å²) in [6.07, 6.45) is 3.25. The average Bonchev–Trinajstić information content (AvgIpc) is 2.88. The molecule has 0 saturated carbocycles. The molecule has 0 spiro atoms. The number of aromatic carboxylic acids is 1. The predicted octanol–water partition coefficient (Wildman–Crippen LogP) is 3.52. The second kappa shape index (κ2) is 5.17. The molecular weight excluding hydrogens is 272 g/mol. The van der Waals surface area contributed by atoms with Crippen molar-refractivity contribution in [3.8, 4) is 0 Å².